The highest BCUT2D eigenvalue weighted by atomic mass is 32.1. The molecule has 1 saturated heterocycles. The molecule has 174 valence electrons. The predicted molar refractivity (Wildman–Crippen MR) is 127 cm³/mol. The zero-order valence-electron chi connectivity index (χ0n) is 18.3. The summed E-state index contributed by atoms with van der Waals surface area (Å²) < 4.78 is 5.54. The highest BCUT2D eigenvalue weighted by Crippen LogP contribution is 2.44. The lowest BCUT2D eigenvalue weighted by atomic mass is 9.96. The molecule has 1 aromatic heterocycles. The van der Waals surface area contributed by atoms with E-state index in [1.54, 1.807) is 10.3 Å². The molecule has 0 unspecified atom stereocenters. The van der Waals surface area contributed by atoms with Gasteiger partial charge in [-0.1, -0.05) is 48.5 Å². The number of carboxylic acid groups (broad SMARTS) is 1. The van der Waals surface area contributed by atoms with Crippen molar-refractivity contribution in [3.05, 3.63) is 70.7 Å². The van der Waals surface area contributed by atoms with Crippen molar-refractivity contribution in [2.45, 2.75) is 18.8 Å². The van der Waals surface area contributed by atoms with Gasteiger partial charge in [0.1, 0.15) is 6.61 Å². The van der Waals surface area contributed by atoms with Crippen LogP contribution in [0.15, 0.2) is 53.9 Å². The van der Waals surface area contributed by atoms with Gasteiger partial charge in [0.25, 0.3) is 0 Å². The summed E-state index contributed by atoms with van der Waals surface area (Å²) in [5, 5.41) is 13.6. The standard InChI is InChI=1S/C25H23N3O5S/c29-22(28-11-15(12-28)9-23(30)31)10-16-14-34-24(26-16)27-25(32)33-13-21-19-7-3-1-5-17(19)18-6-2-4-8-20(18)21/h1-8,14-15,21H,9-13H2,(H,30,31)(H,26,27,32). The Bertz CT molecular complexity index is 1210. The molecule has 2 N–H and O–H groups in total. The highest BCUT2D eigenvalue weighted by Gasteiger charge is 2.32. The van der Waals surface area contributed by atoms with E-state index >= 15 is 0 Å². The number of amides is 2. The molecule has 8 nitrogen and oxygen atoms in total. The number of carbonyl (C=O) groups excluding carboxylic acids is 2. The lowest BCUT2D eigenvalue weighted by Crippen LogP contribution is -2.51. The van der Waals surface area contributed by atoms with Crippen LogP contribution in [-0.2, 0) is 20.7 Å². The molecule has 1 fully saturated rings. The van der Waals surface area contributed by atoms with Gasteiger partial charge in [-0.3, -0.25) is 14.9 Å². The van der Waals surface area contributed by atoms with E-state index < -0.39 is 12.1 Å². The molecule has 0 radical (unpaired) electrons. The first-order chi connectivity index (χ1) is 16.5. The molecule has 2 heterocycles. The third kappa shape index (κ3) is 4.51. The fraction of sp³-hybridized carbons (Fsp3) is 0.280. The van der Waals surface area contributed by atoms with Crippen molar-refractivity contribution in [1.29, 1.82) is 0 Å². The third-order valence-corrected chi connectivity index (χ3v) is 7.02. The van der Waals surface area contributed by atoms with Gasteiger partial charge in [0.15, 0.2) is 5.13 Å². The maximum absolute atomic E-state index is 12.4. The second-order valence-corrected chi connectivity index (χ2v) is 9.39. The summed E-state index contributed by atoms with van der Waals surface area (Å²) >= 11 is 1.23. The van der Waals surface area contributed by atoms with Crippen LogP contribution in [0, 0.1) is 5.92 Å². The van der Waals surface area contributed by atoms with Crippen molar-refractivity contribution in [2.75, 3.05) is 25.0 Å². The van der Waals surface area contributed by atoms with Crippen LogP contribution in [0.2, 0.25) is 0 Å². The second kappa shape index (κ2) is 9.26. The summed E-state index contributed by atoms with van der Waals surface area (Å²) in [7, 11) is 0. The zero-order valence-corrected chi connectivity index (χ0v) is 19.1. The summed E-state index contributed by atoms with van der Waals surface area (Å²) in [5.74, 6) is -0.952. The van der Waals surface area contributed by atoms with E-state index in [2.05, 4.69) is 34.6 Å². The first kappa shape index (κ1) is 22.1. The van der Waals surface area contributed by atoms with Gasteiger partial charge in [0, 0.05) is 30.3 Å². The van der Waals surface area contributed by atoms with Crippen LogP contribution in [0.25, 0.3) is 11.1 Å². The van der Waals surface area contributed by atoms with Crippen molar-refractivity contribution in [1.82, 2.24) is 9.88 Å². The van der Waals surface area contributed by atoms with E-state index in [0.717, 1.165) is 22.3 Å². The van der Waals surface area contributed by atoms with Gasteiger partial charge in [0.2, 0.25) is 5.91 Å². The van der Waals surface area contributed by atoms with Gasteiger partial charge in [-0.05, 0) is 22.3 Å². The van der Waals surface area contributed by atoms with Gasteiger partial charge in [-0.2, -0.15) is 0 Å². The van der Waals surface area contributed by atoms with Gasteiger partial charge < -0.3 is 14.7 Å². The fourth-order valence-corrected chi connectivity index (χ4v) is 5.28. The number of rotatable bonds is 7. The number of hydrogen-bond acceptors (Lipinski definition) is 6. The van der Waals surface area contributed by atoms with Crippen LogP contribution in [0.1, 0.15) is 29.2 Å². The summed E-state index contributed by atoms with van der Waals surface area (Å²) in [6.07, 6.45) is -0.398. The van der Waals surface area contributed by atoms with Crippen LogP contribution in [-0.4, -0.2) is 52.7 Å². The number of fused-ring (bicyclic) bond motifs is 3. The molecule has 9 heteroatoms. The highest BCUT2D eigenvalue weighted by molar-refractivity contribution is 7.13. The summed E-state index contributed by atoms with van der Waals surface area (Å²) in [6.45, 7) is 1.13. The van der Waals surface area contributed by atoms with Gasteiger partial charge >= 0.3 is 12.1 Å². The Morgan fingerprint density at radius 1 is 1.06 bits per heavy atom. The quantitative estimate of drug-likeness (QED) is 0.533. The minimum atomic E-state index is -0.847. The molecule has 2 aliphatic rings. The number of carboxylic acids is 1. The number of nitrogens with one attached hydrogen (secondary N) is 1. The summed E-state index contributed by atoms with van der Waals surface area (Å²) in [4.78, 5) is 41.4. The predicted octanol–water partition coefficient (Wildman–Crippen LogP) is 3.98. The maximum atomic E-state index is 12.4. The number of hydrogen-bond donors (Lipinski definition) is 2. The number of aromatic nitrogens is 1. The Hall–Kier alpha value is -3.72. The lowest BCUT2D eigenvalue weighted by Gasteiger charge is -2.38. The molecule has 2 amide bonds. The van der Waals surface area contributed by atoms with Gasteiger partial charge in [0.05, 0.1) is 18.5 Å². The third-order valence-electron chi connectivity index (χ3n) is 6.21. The smallest absolute Gasteiger partial charge is 0.413 e. The topological polar surface area (TPSA) is 109 Å². The SMILES string of the molecule is O=C(O)CC1CN(C(=O)Cc2csc(NC(=O)OCC3c4ccccc4-c4ccccc43)n2)C1. The normalized spacial score (nSPS) is 14.8. The number of aliphatic carboxylic acids is 1. The van der Waals surface area contributed by atoms with Crippen molar-refractivity contribution in [3.63, 3.8) is 0 Å². The molecule has 5 rings (SSSR count). The van der Waals surface area contributed by atoms with E-state index in [-0.39, 0.29) is 37.2 Å². The van der Waals surface area contributed by atoms with E-state index in [9.17, 15) is 14.4 Å². The van der Waals surface area contributed by atoms with Crippen LogP contribution in [0.3, 0.4) is 0 Å². The van der Waals surface area contributed by atoms with Gasteiger partial charge in [-0.15, -0.1) is 11.3 Å². The fourth-order valence-electron chi connectivity index (χ4n) is 4.58. The minimum absolute atomic E-state index is 0.0164. The molecule has 2 aromatic carbocycles. The first-order valence-corrected chi connectivity index (χ1v) is 11.9. The molecule has 1 aliphatic heterocycles. The molecule has 0 bridgehead atoms. The molecule has 0 spiro atoms. The zero-order chi connectivity index (χ0) is 23.7. The van der Waals surface area contributed by atoms with Crippen LogP contribution in [0.4, 0.5) is 9.93 Å². The number of ether oxygens (including phenoxy) is 1. The molecule has 0 atom stereocenters. The monoisotopic (exact) mass is 477 g/mol. The Labute approximate surface area is 200 Å². The first-order valence-electron chi connectivity index (χ1n) is 11.0. The molecule has 0 saturated carbocycles. The molecule has 1 aliphatic carbocycles. The largest absolute Gasteiger partial charge is 0.481 e. The molecule has 34 heavy (non-hydrogen) atoms. The molecular formula is C25H23N3O5S. The average Bonchev–Trinajstić information content (AvgIpc) is 3.36. The van der Waals surface area contributed by atoms with Crippen LogP contribution in [0.5, 0.6) is 0 Å². The number of nitrogens with zero attached hydrogens (tertiary/aromatic N) is 2. The number of anilines is 1. The molecule has 3 aromatic rings. The molecular weight excluding hydrogens is 454 g/mol. The van der Waals surface area contributed by atoms with E-state index in [0.29, 0.717) is 23.9 Å². The van der Waals surface area contributed by atoms with Crippen molar-refractivity contribution in [3.8, 4) is 11.1 Å². The number of likely N-dealkylation sites (tertiary alicyclic amines) is 1. The Kier molecular flexibility index (Phi) is 6.02. The second-order valence-electron chi connectivity index (χ2n) is 8.53. The Morgan fingerprint density at radius 3 is 2.35 bits per heavy atom. The van der Waals surface area contributed by atoms with Crippen LogP contribution < -0.4 is 5.32 Å². The Morgan fingerprint density at radius 2 is 1.71 bits per heavy atom. The van der Waals surface area contributed by atoms with Gasteiger partial charge in [-0.25, -0.2) is 9.78 Å². The van der Waals surface area contributed by atoms with E-state index in [4.69, 9.17) is 9.84 Å². The Balaban J connectivity index is 1.13. The number of carbonyl (C=O) groups is 3. The van der Waals surface area contributed by atoms with Crippen molar-refractivity contribution >= 4 is 34.4 Å². The van der Waals surface area contributed by atoms with E-state index in [1.807, 2.05) is 24.3 Å². The number of benzene rings is 2. The maximum Gasteiger partial charge on any atom is 0.413 e. The van der Waals surface area contributed by atoms with Crippen LogP contribution >= 0.6 is 11.3 Å². The minimum Gasteiger partial charge on any atom is -0.481 e. The number of thiazole rings is 1. The van der Waals surface area contributed by atoms with Crippen molar-refractivity contribution < 1.29 is 24.2 Å². The summed E-state index contributed by atoms with van der Waals surface area (Å²) in [5.41, 5.74) is 5.17. The average molecular weight is 478 g/mol. The van der Waals surface area contributed by atoms with E-state index in [1.165, 1.54) is 11.3 Å². The lowest BCUT2D eigenvalue weighted by molar-refractivity contribution is -0.144. The summed E-state index contributed by atoms with van der Waals surface area (Å²) in [6, 6.07) is 16.3. The van der Waals surface area contributed by atoms with Crippen molar-refractivity contribution in [2.24, 2.45) is 5.92 Å².